The van der Waals surface area contributed by atoms with Crippen LogP contribution in [0.2, 0.25) is 0 Å². The van der Waals surface area contributed by atoms with Crippen molar-refractivity contribution in [2.45, 2.75) is 13.5 Å². The van der Waals surface area contributed by atoms with Crippen molar-refractivity contribution >= 4 is 5.97 Å². The second-order valence-electron chi connectivity index (χ2n) is 3.70. The highest BCUT2D eigenvalue weighted by Crippen LogP contribution is 2.19. The molecule has 7 nitrogen and oxygen atoms in total. The van der Waals surface area contributed by atoms with Crippen LogP contribution in [0, 0.1) is 6.92 Å². The molecule has 2 heterocycles. The molecule has 0 radical (unpaired) electrons. The fraction of sp³-hybridized carbons (Fsp3) is 0.300. The lowest BCUT2D eigenvalue weighted by molar-refractivity contribution is -0.0553. The summed E-state index contributed by atoms with van der Waals surface area (Å²) in [7, 11) is 1.43. The maximum absolute atomic E-state index is 12.1. The lowest BCUT2D eigenvalue weighted by Crippen LogP contribution is -2.06. The molecule has 0 aliphatic carbocycles. The van der Waals surface area contributed by atoms with E-state index in [1.807, 2.05) is 0 Å². The number of ether oxygens (including phenoxy) is 1. The monoisotopic (exact) mass is 272 g/mol. The molecule has 0 fully saturated rings. The Hall–Kier alpha value is -2.45. The van der Waals surface area contributed by atoms with Gasteiger partial charge in [-0.15, -0.1) is 5.10 Å². The van der Waals surface area contributed by atoms with Crippen LogP contribution in [-0.4, -0.2) is 37.2 Å². The highest BCUT2D eigenvalue weighted by molar-refractivity contribution is 5.88. The summed E-state index contributed by atoms with van der Waals surface area (Å²) >= 11 is 0. The molecule has 9 heteroatoms. The van der Waals surface area contributed by atoms with Gasteiger partial charge in [0.25, 0.3) is 0 Å². The van der Waals surface area contributed by atoms with Crippen LogP contribution in [0.1, 0.15) is 16.1 Å². The van der Waals surface area contributed by atoms with Gasteiger partial charge in [-0.1, -0.05) is 0 Å². The third-order valence-electron chi connectivity index (χ3n) is 2.49. The molecular weight excluding hydrogens is 262 g/mol. The van der Waals surface area contributed by atoms with Crippen molar-refractivity contribution in [2.75, 3.05) is 0 Å². The molecule has 2 aromatic heterocycles. The number of aryl methyl sites for hydroxylation is 1. The van der Waals surface area contributed by atoms with E-state index in [4.69, 9.17) is 5.11 Å². The number of carbonyl (C=O) groups is 1. The molecule has 2 aromatic rings. The molecule has 19 heavy (non-hydrogen) atoms. The largest absolute Gasteiger partial charge is 0.478 e. The van der Waals surface area contributed by atoms with Gasteiger partial charge in [0.15, 0.2) is 5.82 Å². The second-order valence-corrected chi connectivity index (χ2v) is 3.70. The van der Waals surface area contributed by atoms with Crippen LogP contribution < -0.4 is 4.74 Å². The first kappa shape index (κ1) is 13.0. The maximum Gasteiger partial charge on any atom is 0.388 e. The summed E-state index contributed by atoms with van der Waals surface area (Å²) in [6.07, 6.45) is 1.17. The summed E-state index contributed by atoms with van der Waals surface area (Å²) in [6, 6.07) is 1.25. The van der Waals surface area contributed by atoms with E-state index in [0.717, 1.165) is 4.68 Å². The predicted octanol–water partition coefficient (Wildman–Crippen LogP) is 1.21. The minimum Gasteiger partial charge on any atom is -0.478 e. The predicted molar refractivity (Wildman–Crippen MR) is 58.7 cm³/mol. The van der Waals surface area contributed by atoms with E-state index in [1.165, 1.54) is 24.0 Å². The van der Waals surface area contributed by atoms with Crippen molar-refractivity contribution in [3.8, 4) is 11.7 Å². The molecule has 0 aliphatic heterocycles. The molecule has 0 atom stereocenters. The molecule has 0 unspecified atom stereocenters. The van der Waals surface area contributed by atoms with Crippen molar-refractivity contribution in [1.82, 2.24) is 19.6 Å². The first-order valence-electron chi connectivity index (χ1n) is 5.17. The van der Waals surface area contributed by atoms with Crippen molar-refractivity contribution in [3.63, 3.8) is 0 Å². The van der Waals surface area contributed by atoms with E-state index < -0.39 is 12.6 Å². The highest BCUT2D eigenvalue weighted by Gasteiger charge is 2.18. The van der Waals surface area contributed by atoms with Gasteiger partial charge in [-0.3, -0.25) is 0 Å². The number of hydrogen-bond acceptors (Lipinski definition) is 4. The molecular formula is C10H10F2N4O3. The van der Waals surface area contributed by atoms with Gasteiger partial charge < -0.3 is 9.84 Å². The zero-order valence-corrected chi connectivity index (χ0v) is 10.0. The lowest BCUT2D eigenvalue weighted by Gasteiger charge is -2.01. The van der Waals surface area contributed by atoms with Crippen LogP contribution in [0.3, 0.4) is 0 Å². The Morgan fingerprint density at radius 1 is 1.53 bits per heavy atom. The van der Waals surface area contributed by atoms with E-state index >= 15 is 0 Å². The number of carboxylic acid groups (broad SMARTS) is 1. The van der Waals surface area contributed by atoms with Crippen LogP contribution in [0.15, 0.2) is 12.3 Å². The molecule has 0 bridgehead atoms. The number of rotatable bonds is 4. The first-order valence-corrected chi connectivity index (χ1v) is 5.17. The zero-order valence-electron chi connectivity index (χ0n) is 10.0. The summed E-state index contributed by atoms with van der Waals surface area (Å²) in [5.74, 6) is -1.07. The summed E-state index contributed by atoms with van der Waals surface area (Å²) < 4.78 is 30.9. The van der Waals surface area contributed by atoms with Gasteiger partial charge in [0, 0.05) is 13.1 Å². The van der Waals surface area contributed by atoms with Gasteiger partial charge in [0.1, 0.15) is 5.56 Å². The van der Waals surface area contributed by atoms with Crippen molar-refractivity contribution < 1.29 is 23.4 Å². The smallest absolute Gasteiger partial charge is 0.388 e. The fourth-order valence-corrected chi connectivity index (χ4v) is 1.59. The fourth-order valence-electron chi connectivity index (χ4n) is 1.59. The summed E-state index contributed by atoms with van der Waals surface area (Å²) in [5, 5.41) is 16.7. The quantitative estimate of drug-likeness (QED) is 0.904. The van der Waals surface area contributed by atoms with Crippen LogP contribution in [-0.2, 0) is 7.05 Å². The number of aromatic carboxylic acids is 1. The standard InChI is InChI=1S/C10H10F2N4O3/c1-5-6(9(17)18)4-13-16(5)7-3-8(15(2)14-7)19-10(11)12/h3-4,10H,1-2H3,(H,17,18). The number of carboxylic acids is 1. The van der Waals surface area contributed by atoms with Crippen molar-refractivity contribution in [2.24, 2.45) is 7.05 Å². The van der Waals surface area contributed by atoms with Gasteiger partial charge in [0.2, 0.25) is 5.88 Å². The molecule has 102 valence electrons. The molecule has 0 aromatic carbocycles. The number of hydrogen-bond donors (Lipinski definition) is 1. The minimum absolute atomic E-state index is 0.0157. The molecule has 1 N–H and O–H groups in total. The zero-order chi connectivity index (χ0) is 14.2. The van der Waals surface area contributed by atoms with Crippen LogP contribution >= 0.6 is 0 Å². The first-order chi connectivity index (χ1) is 8.90. The molecule has 0 saturated heterocycles. The van der Waals surface area contributed by atoms with Gasteiger partial charge in [-0.2, -0.15) is 13.9 Å². The van der Waals surface area contributed by atoms with Crippen LogP contribution in [0.5, 0.6) is 5.88 Å². The van der Waals surface area contributed by atoms with Crippen molar-refractivity contribution in [3.05, 3.63) is 23.5 Å². The Morgan fingerprint density at radius 3 is 2.74 bits per heavy atom. The highest BCUT2D eigenvalue weighted by atomic mass is 19.3. The summed E-state index contributed by atoms with van der Waals surface area (Å²) in [5.41, 5.74) is 0.358. The molecule has 2 rings (SSSR count). The maximum atomic E-state index is 12.1. The lowest BCUT2D eigenvalue weighted by atomic mass is 10.3. The summed E-state index contributed by atoms with van der Waals surface area (Å²) in [4.78, 5) is 10.9. The summed E-state index contributed by atoms with van der Waals surface area (Å²) in [6.45, 7) is -1.42. The third kappa shape index (κ3) is 2.39. The molecule has 0 saturated carbocycles. The van der Waals surface area contributed by atoms with Gasteiger partial charge in [-0.25, -0.2) is 14.2 Å². The van der Waals surface area contributed by atoms with Gasteiger partial charge in [-0.05, 0) is 6.92 Å². The van der Waals surface area contributed by atoms with E-state index in [2.05, 4.69) is 14.9 Å². The molecule has 0 spiro atoms. The van der Waals surface area contributed by atoms with Crippen LogP contribution in [0.25, 0.3) is 5.82 Å². The third-order valence-corrected chi connectivity index (χ3v) is 2.49. The Bertz CT molecular complexity index is 620. The van der Waals surface area contributed by atoms with E-state index in [-0.39, 0.29) is 17.3 Å². The van der Waals surface area contributed by atoms with Crippen molar-refractivity contribution in [1.29, 1.82) is 0 Å². The Morgan fingerprint density at radius 2 is 2.21 bits per heavy atom. The van der Waals surface area contributed by atoms with E-state index in [9.17, 15) is 13.6 Å². The Balaban J connectivity index is 2.40. The Labute approximate surface area is 106 Å². The number of alkyl halides is 2. The topological polar surface area (TPSA) is 82.2 Å². The average Bonchev–Trinajstić information content (AvgIpc) is 2.82. The second kappa shape index (κ2) is 4.67. The number of nitrogens with zero attached hydrogens (tertiary/aromatic N) is 4. The van der Waals surface area contributed by atoms with Gasteiger partial charge in [0.05, 0.1) is 11.9 Å². The molecule has 0 aliphatic rings. The SMILES string of the molecule is Cc1c(C(=O)O)cnn1-c1cc(OC(F)F)n(C)n1. The number of halogens is 2. The normalized spacial score (nSPS) is 11.0. The van der Waals surface area contributed by atoms with E-state index in [1.54, 1.807) is 6.92 Å². The molecule has 0 amide bonds. The van der Waals surface area contributed by atoms with Crippen LogP contribution in [0.4, 0.5) is 8.78 Å². The average molecular weight is 272 g/mol. The van der Waals surface area contributed by atoms with E-state index in [0.29, 0.717) is 5.69 Å². The Kier molecular flexibility index (Phi) is 3.19. The van der Waals surface area contributed by atoms with Gasteiger partial charge >= 0.3 is 12.6 Å². The minimum atomic E-state index is -2.96. The number of aromatic nitrogens is 4.